The molecular formula is C17H19N3O. The Morgan fingerprint density at radius 3 is 2.62 bits per heavy atom. The molecule has 0 radical (unpaired) electrons. The largest absolute Gasteiger partial charge is 0.495 e. The molecule has 0 aliphatic rings. The minimum atomic E-state index is 0.548. The van der Waals surface area contributed by atoms with Crippen LogP contribution in [0.25, 0.3) is 0 Å². The first kappa shape index (κ1) is 14.7. The number of nitrogen functional groups attached to an aromatic ring is 1. The average Bonchev–Trinajstić information content (AvgIpc) is 2.53. The molecule has 0 amide bonds. The van der Waals surface area contributed by atoms with Crippen LogP contribution in [0.3, 0.4) is 0 Å². The molecule has 0 aliphatic heterocycles. The number of para-hydroxylation sites is 2. The van der Waals surface area contributed by atoms with Crippen molar-refractivity contribution in [2.45, 2.75) is 13.5 Å². The summed E-state index contributed by atoms with van der Waals surface area (Å²) in [6.45, 7) is 3.62. The van der Waals surface area contributed by atoms with E-state index in [0.717, 1.165) is 23.5 Å². The lowest BCUT2D eigenvalue weighted by Crippen LogP contribution is -2.23. The molecule has 0 saturated carbocycles. The minimum absolute atomic E-state index is 0.548. The third-order valence-corrected chi connectivity index (χ3v) is 3.42. The molecule has 0 fully saturated rings. The number of nitriles is 1. The number of nitrogens with two attached hydrogens (primary N) is 1. The molecular weight excluding hydrogens is 262 g/mol. The number of nitrogens with zero attached hydrogens (tertiary/aromatic N) is 2. The van der Waals surface area contributed by atoms with Crippen LogP contribution < -0.4 is 15.4 Å². The quantitative estimate of drug-likeness (QED) is 0.855. The predicted octanol–water partition coefficient (Wildman–Crippen LogP) is 3.18. The standard InChI is InChI=1S/C17H19N3O/c1-3-20(16-7-5-4-6-15(16)19)12-13-8-9-17(21-2)14(10-13)11-18/h4-10H,3,12,19H2,1-2H3. The van der Waals surface area contributed by atoms with Crippen LogP contribution in [0.2, 0.25) is 0 Å². The summed E-state index contributed by atoms with van der Waals surface area (Å²) in [5.41, 5.74) is 9.41. The van der Waals surface area contributed by atoms with E-state index in [-0.39, 0.29) is 0 Å². The van der Waals surface area contributed by atoms with Crippen molar-refractivity contribution in [3.05, 3.63) is 53.6 Å². The van der Waals surface area contributed by atoms with Crippen LogP contribution in [-0.4, -0.2) is 13.7 Å². The van der Waals surface area contributed by atoms with Crippen molar-refractivity contribution >= 4 is 11.4 Å². The van der Waals surface area contributed by atoms with Gasteiger partial charge in [0, 0.05) is 13.1 Å². The molecule has 2 aromatic rings. The van der Waals surface area contributed by atoms with Crippen LogP contribution >= 0.6 is 0 Å². The molecule has 2 N–H and O–H groups in total. The van der Waals surface area contributed by atoms with Crippen molar-refractivity contribution in [3.8, 4) is 11.8 Å². The fourth-order valence-corrected chi connectivity index (χ4v) is 2.30. The number of hydrogen-bond acceptors (Lipinski definition) is 4. The Morgan fingerprint density at radius 2 is 2.00 bits per heavy atom. The van der Waals surface area contributed by atoms with Crippen LogP contribution in [0, 0.1) is 11.3 Å². The van der Waals surface area contributed by atoms with Crippen LogP contribution in [0.15, 0.2) is 42.5 Å². The van der Waals surface area contributed by atoms with Crippen LogP contribution in [0.4, 0.5) is 11.4 Å². The predicted molar refractivity (Wildman–Crippen MR) is 85.3 cm³/mol. The zero-order valence-electron chi connectivity index (χ0n) is 12.3. The van der Waals surface area contributed by atoms with Gasteiger partial charge < -0.3 is 15.4 Å². The molecule has 0 heterocycles. The van der Waals surface area contributed by atoms with E-state index >= 15 is 0 Å². The number of rotatable bonds is 5. The SMILES string of the molecule is CCN(Cc1ccc(OC)c(C#N)c1)c1ccccc1N. The summed E-state index contributed by atoms with van der Waals surface area (Å²) in [6.07, 6.45) is 0. The van der Waals surface area contributed by atoms with Gasteiger partial charge in [-0.1, -0.05) is 18.2 Å². The normalized spacial score (nSPS) is 9.95. The second-order valence-corrected chi connectivity index (χ2v) is 4.72. The number of methoxy groups -OCH3 is 1. The maximum Gasteiger partial charge on any atom is 0.136 e. The third kappa shape index (κ3) is 3.26. The van der Waals surface area contributed by atoms with Gasteiger partial charge in [-0.05, 0) is 36.8 Å². The first-order valence-electron chi connectivity index (χ1n) is 6.86. The van der Waals surface area contributed by atoms with Gasteiger partial charge >= 0.3 is 0 Å². The number of anilines is 2. The van der Waals surface area contributed by atoms with Crippen molar-refractivity contribution in [2.75, 3.05) is 24.3 Å². The molecule has 0 saturated heterocycles. The van der Waals surface area contributed by atoms with Crippen molar-refractivity contribution < 1.29 is 4.74 Å². The summed E-state index contributed by atoms with van der Waals surface area (Å²) in [7, 11) is 1.57. The van der Waals surface area contributed by atoms with E-state index in [9.17, 15) is 0 Å². The molecule has 108 valence electrons. The van der Waals surface area contributed by atoms with Gasteiger partial charge in [0.25, 0.3) is 0 Å². The monoisotopic (exact) mass is 281 g/mol. The highest BCUT2D eigenvalue weighted by atomic mass is 16.5. The van der Waals surface area contributed by atoms with Gasteiger partial charge in [-0.15, -0.1) is 0 Å². The van der Waals surface area contributed by atoms with E-state index in [4.69, 9.17) is 15.7 Å². The molecule has 0 bridgehead atoms. The third-order valence-electron chi connectivity index (χ3n) is 3.42. The topological polar surface area (TPSA) is 62.3 Å². The number of hydrogen-bond donors (Lipinski definition) is 1. The zero-order chi connectivity index (χ0) is 15.2. The number of benzene rings is 2. The highest BCUT2D eigenvalue weighted by Crippen LogP contribution is 2.25. The van der Waals surface area contributed by atoms with Crippen molar-refractivity contribution in [1.29, 1.82) is 5.26 Å². The number of ether oxygens (including phenoxy) is 1. The first-order valence-corrected chi connectivity index (χ1v) is 6.86. The van der Waals surface area contributed by atoms with Gasteiger partial charge in [-0.2, -0.15) is 5.26 Å². The summed E-state index contributed by atoms with van der Waals surface area (Å²) >= 11 is 0. The van der Waals surface area contributed by atoms with E-state index in [1.807, 2.05) is 42.5 Å². The highest BCUT2D eigenvalue weighted by Gasteiger charge is 2.10. The molecule has 2 aromatic carbocycles. The van der Waals surface area contributed by atoms with Crippen molar-refractivity contribution in [2.24, 2.45) is 0 Å². The average molecular weight is 281 g/mol. The zero-order valence-corrected chi connectivity index (χ0v) is 12.3. The Kier molecular flexibility index (Phi) is 4.68. The Morgan fingerprint density at radius 1 is 1.24 bits per heavy atom. The molecule has 0 aromatic heterocycles. The lowest BCUT2D eigenvalue weighted by Gasteiger charge is -2.25. The second-order valence-electron chi connectivity index (χ2n) is 4.72. The lowest BCUT2D eigenvalue weighted by atomic mass is 10.1. The molecule has 0 unspecified atom stereocenters. The second kappa shape index (κ2) is 6.67. The highest BCUT2D eigenvalue weighted by molar-refractivity contribution is 5.67. The Labute approximate surface area is 125 Å². The van der Waals surface area contributed by atoms with Crippen LogP contribution in [-0.2, 0) is 6.54 Å². The fraction of sp³-hybridized carbons (Fsp3) is 0.235. The summed E-state index contributed by atoms with van der Waals surface area (Å²) in [5, 5.41) is 9.16. The summed E-state index contributed by atoms with van der Waals surface area (Å²) < 4.78 is 5.17. The Bertz CT molecular complexity index is 661. The maximum atomic E-state index is 9.16. The van der Waals surface area contributed by atoms with E-state index in [1.165, 1.54) is 0 Å². The minimum Gasteiger partial charge on any atom is -0.495 e. The fourth-order valence-electron chi connectivity index (χ4n) is 2.30. The molecule has 0 atom stereocenters. The molecule has 0 spiro atoms. The first-order chi connectivity index (χ1) is 10.2. The van der Waals surface area contributed by atoms with E-state index in [0.29, 0.717) is 17.9 Å². The molecule has 4 nitrogen and oxygen atoms in total. The van der Waals surface area contributed by atoms with Gasteiger partial charge in [0.05, 0.1) is 24.0 Å². The van der Waals surface area contributed by atoms with Gasteiger partial charge in [-0.3, -0.25) is 0 Å². The summed E-state index contributed by atoms with van der Waals surface area (Å²) in [4.78, 5) is 2.18. The smallest absolute Gasteiger partial charge is 0.136 e. The molecule has 21 heavy (non-hydrogen) atoms. The van der Waals surface area contributed by atoms with E-state index in [1.54, 1.807) is 7.11 Å². The van der Waals surface area contributed by atoms with Gasteiger partial charge in [0.1, 0.15) is 11.8 Å². The van der Waals surface area contributed by atoms with Crippen LogP contribution in [0.5, 0.6) is 5.75 Å². The van der Waals surface area contributed by atoms with Crippen molar-refractivity contribution in [3.63, 3.8) is 0 Å². The van der Waals surface area contributed by atoms with Gasteiger partial charge in [-0.25, -0.2) is 0 Å². The summed E-state index contributed by atoms with van der Waals surface area (Å²) in [5.74, 6) is 0.600. The van der Waals surface area contributed by atoms with Crippen LogP contribution in [0.1, 0.15) is 18.1 Å². The molecule has 4 heteroatoms. The van der Waals surface area contributed by atoms with Crippen molar-refractivity contribution in [1.82, 2.24) is 0 Å². The lowest BCUT2D eigenvalue weighted by molar-refractivity contribution is 0.413. The van der Waals surface area contributed by atoms with E-state index < -0.39 is 0 Å². The summed E-state index contributed by atoms with van der Waals surface area (Å²) in [6, 6.07) is 15.6. The molecule has 2 rings (SSSR count). The Hall–Kier alpha value is -2.67. The van der Waals surface area contributed by atoms with Gasteiger partial charge in [0.2, 0.25) is 0 Å². The molecule has 0 aliphatic carbocycles. The Balaban J connectivity index is 2.28. The maximum absolute atomic E-state index is 9.16. The van der Waals surface area contributed by atoms with E-state index in [2.05, 4.69) is 17.9 Å². The van der Waals surface area contributed by atoms with Gasteiger partial charge in [0.15, 0.2) is 0 Å².